The minimum atomic E-state index is -0.543. The Balaban J connectivity index is 1.76. The van der Waals surface area contributed by atoms with Crippen LogP contribution in [0.3, 0.4) is 0 Å². The lowest BCUT2D eigenvalue weighted by Gasteiger charge is -2.08. The van der Waals surface area contributed by atoms with Crippen LogP contribution in [0.5, 0.6) is 0 Å². The molecule has 1 aromatic heterocycles. The van der Waals surface area contributed by atoms with Gasteiger partial charge in [-0.2, -0.15) is 0 Å². The van der Waals surface area contributed by atoms with Crippen molar-refractivity contribution in [3.63, 3.8) is 0 Å². The maximum atomic E-state index is 13.3. The van der Waals surface area contributed by atoms with Gasteiger partial charge >= 0.3 is 0 Å². The summed E-state index contributed by atoms with van der Waals surface area (Å²) in [5.74, 6) is -0.776. The fraction of sp³-hybridized carbons (Fsp3) is 0.167. The summed E-state index contributed by atoms with van der Waals surface area (Å²) in [6.45, 7) is 1.82. The average Bonchev–Trinajstić information content (AvgIpc) is 3.07. The maximum Gasteiger partial charge on any atom is 0.284 e. The second-order valence-electron chi connectivity index (χ2n) is 6.03. The van der Waals surface area contributed by atoms with E-state index in [1.54, 1.807) is 30.7 Å². The highest BCUT2D eigenvalue weighted by atomic mass is 32.2. The molecule has 3 aromatic rings. The van der Waals surface area contributed by atoms with Gasteiger partial charge in [-0.05, 0) is 48.0 Å². The smallest absolute Gasteiger partial charge is 0.284 e. The number of hydrogen-bond acceptors (Lipinski definition) is 6. The quantitative estimate of drug-likeness (QED) is 0.502. The Kier molecular flexibility index (Phi) is 5.69. The number of benzene rings is 2. The number of hydrogen-bond donors (Lipinski definition) is 1. The van der Waals surface area contributed by atoms with Crippen LogP contribution in [0.2, 0.25) is 0 Å². The van der Waals surface area contributed by atoms with Gasteiger partial charge in [-0.1, -0.05) is 12.1 Å². The molecule has 0 radical (unpaired) electrons. The molecule has 0 saturated carbocycles. The van der Waals surface area contributed by atoms with Crippen molar-refractivity contribution in [3.8, 4) is 0 Å². The predicted octanol–water partition coefficient (Wildman–Crippen LogP) is 3.25. The fourth-order valence-electron chi connectivity index (χ4n) is 2.45. The first-order valence-corrected chi connectivity index (χ1v) is 9.00. The summed E-state index contributed by atoms with van der Waals surface area (Å²) in [6, 6.07) is 8.79. The number of carbonyl (C=O) groups is 1. The van der Waals surface area contributed by atoms with Crippen molar-refractivity contribution < 1.29 is 14.1 Å². The molecule has 2 aromatic carbocycles. The summed E-state index contributed by atoms with van der Waals surface area (Å²) >= 11 is 1.09. The molecule has 0 saturated heterocycles. The van der Waals surface area contributed by atoms with E-state index in [2.05, 4.69) is 15.5 Å². The van der Waals surface area contributed by atoms with E-state index in [-0.39, 0.29) is 23.6 Å². The van der Waals surface area contributed by atoms with Gasteiger partial charge in [0.15, 0.2) is 5.16 Å². The number of nitrogens with one attached hydrogen (secondary N) is 1. The number of nitro benzene ring substituents is 1. The highest BCUT2D eigenvalue weighted by Crippen LogP contribution is 2.34. The van der Waals surface area contributed by atoms with Crippen LogP contribution >= 0.6 is 11.8 Å². The van der Waals surface area contributed by atoms with E-state index in [0.717, 1.165) is 17.3 Å². The lowest BCUT2D eigenvalue weighted by atomic mass is 10.1. The van der Waals surface area contributed by atoms with Gasteiger partial charge in [0.25, 0.3) is 11.6 Å². The largest absolute Gasteiger partial charge is 0.348 e. The van der Waals surface area contributed by atoms with E-state index < -0.39 is 10.8 Å². The number of amides is 1. The number of carbonyl (C=O) groups excluding carboxylic acids is 1. The van der Waals surface area contributed by atoms with Crippen molar-refractivity contribution in [3.05, 3.63) is 75.3 Å². The Hall–Kier alpha value is -3.27. The molecule has 0 fully saturated rings. The second-order valence-corrected chi connectivity index (χ2v) is 7.04. The summed E-state index contributed by atoms with van der Waals surface area (Å²) < 4.78 is 15.0. The van der Waals surface area contributed by atoms with Crippen LogP contribution in [-0.2, 0) is 13.6 Å². The summed E-state index contributed by atoms with van der Waals surface area (Å²) in [5.41, 5.74) is 1.18. The Morgan fingerprint density at radius 1 is 1.32 bits per heavy atom. The van der Waals surface area contributed by atoms with Crippen LogP contribution in [0.1, 0.15) is 21.5 Å². The van der Waals surface area contributed by atoms with Gasteiger partial charge in [0.05, 0.1) is 9.82 Å². The van der Waals surface area contributed by atoms with Crippen molar-refractivity contribution in [2.45, 2.75) is 23.5 Å². The first-order chi connectivity index (χ1) is 13.3. The van der Waals surface area contributed by atoms with Gasteiger partial charge in [0.2, 0.25) is 0 Å². The fourth-order valence-corrected chi connectivity index (χ4v) is 3.30. The third-order valence-corrected chi connectivity index (χ3v) is 5.08. The van der Waals surface area contributed by atoms with Crippen LogP contribution in [0.4, 0.5) is 10.1 Å². The van der Waals surface area contributed by atoms with Gasteiger partial charge < -0.3 is 9.88 Å². The molecule has 28 heavy (non-hydrogen) atoms. The van der Waals surface area contributed by atoms with Crippen LogP contribution in [-0.4, -0.2) is 25.6 Å². The molecule has 0 spiro atoms. The van der Waals surface area contributed by atoms with E-state index >= 15 is 0 Å². The van der Waals surface area contributed by atoms with Gasteiger partial charge in [0.1, 0.15) is 12.1 Å². The number of aromatic nitrogens is 3. The molecule has 1 N–H and O–H groups in total. The monoisotopic (exact) mass is 401 g/mol. The zero-order valence-corrected chi connectivity index (χ0v) is 15.9. The first-order valence-electron chi connectivity index (χ1n) is 8.18. The molecule has 0 atom stereocenters. The lowest BCUT2D eigenvalue weighted by molar-refractivity contribution is -0.387. The van der Waals surface area contributed by atoms with Gasteiger partial charge in [0, 0.05) is 25.2 Å². The van der Waals surface area contributed by atoms with E-state index in [9.17, 15) is 19.3 Å². The summed E-state index contributed by atoms with van der Waals surface area (Å²) in [6.07, 6.45) is 1.49. The molecule has 1 amide bonds. The van der Waals surface area contributed by atoms with Crippen molar-refractivity contribution >= 4 is 23.4 Å². The van der Waals surface area contributed by atoms with Gasteiger partial charge in [-0.15, -0.1) is 10.2 Å². The molecule has 10 heteroatoms. The number of nitrogens with zero attached hydrogens (tertiary/aromatic N) is 4. The molecule has 0 bridgehead atoms. The van der Waals surface area contributed by atoms with Crippen LogP contribution in [0.25, 0.3) is 0 Å². The number of halogens is 1. The second kappa shape index (κ2) is 8.17. The Morgan fingerprint density at radius 3 is 2.75 bits per heavy atom. The summed E-state index contributed by atoms with van der Waals surface area (Å²) in [4.78, 5) is 23.6. The van der Waals surface area contributed by atoms with Gasteiger partial charge in [-0.25, -0.2) is 4.39 Å². The highest BCUT2D eigenvalue weighted by Gasteiger charge is 2.20. The first kappa shape index (κ1) is 19.5. The topological polar surface area (TPSA) is 103 Å². The molecule has 0 aliphatic heterocycles. The minimum Gasteiger partial charge on any atom is -0.348 e. The Labute approximate surface area is 163 Å². The standard InChI is InChI=1S/C18H16FN5O3S/c1-11-7-12(3-5-14(11)19)9-20-17(25)13-4-6-16(15(8-13)24(26)27)28-18-22-21-10-23(18)2/h3-8,10H,9H2,1-2H3,(H,20,25). The number of nitro groups is 1. The molecule has 0 aliphatic rings. The molecule has 144 valence electrons. The third kappa shape index (κ3) is 4.34. The SMILES string of the molecule is Cc1cc(CNC(=O)c2ccc(Sc3nncn3C)c([N+](=O)[O-])c2)ccc1F. The molecular weight excluding hydrogens is 385 g/mol. The molecule has 1 heterocycles. The van der Waals surface area contributed by atoms with Crippen molar-refractivity contribution in [2.24, 2.45) is 7.05 Å². The lowest BCUT2D eigenvalue weighted by Crippen LogP contribution is -2.23. The third-order valence-electron chi connectivity index (χ3n) is 3.96. The van der Waals surface area contributed by atoms with Crippen LogP contribution in [0, 0.1) is 22.9 Å². The number of aryl methyl sites for hydroxylation is 2. The maximum absolute atomic E-state index is 13.3. The Morgan fingerprint density at radius 2 is 2.11 bits per heavy atom. The zero-order valence-electron chi connectivity index (χ0n) is 15.0. The molecule has 0 aliphatic carbocycles. The normalized spacial score (nSPS) is 10.7. The van der Waals surface area contributed by atoms with E-state index in [1.165, 1.54) is 30.6 Å². The minimum absolute atomic E-state index is 0.160. The van der Waals surface area contributed by atoms with E-state index in [4.69, 9.17) is 0 Å². The zero-order chi connectivity index (χ0) is 20.3. The number of rotatable bonds is 6. The van der Waals surface area contributed by atoms with E-state index in [0.29, 0.717) is 15.6 Å². The predicted molar refractivity (Wildman–Crippen MR) is 101 cm³/mol. The van der Waals surface area contributed by atoms with Crippen LogP contribution in [0.15, 0.2) is 52.8 Å². The summed E-state index contributed by atoms with van der Waals surface area (Å²) in [7, 11) is 1.73. The molecule has 3 rings (SSSR count). The van der Waals surface area contributed by atoms with Crippen LogP contribution < -0.4 is 5.32 Å². The molecule has 8 nitrogen and oxygen atoms in total. The van der Waals surface area contributed by atoms with Crippen molar-refractivity contribution in [1.82, 2.24) is 20.1 Å². The molecular formula is C18H16FN5O3S. The van der Waals surface area contributed by atoms with Gasteiger partial charge in [-0.3, -0.25) is 14.9 Å². The van der Waals surface area contributed by atoms with Crippen molar-refractivity contribution in [2.75, 3.05) is 0 Å². The Bertz CT molecular complexity index is 1050. The van der Waals surface area contributed by atoms with Crippen molar-refractivity contribution in [1.29, 1.82) is 0 Å². The van der Waals surface area contributed by atoms with E-state index in [1.807, 2.05) is 0 Å². The summed E-state index contributed by atoms with van der Waals surface area (Å²) in [5, 5.41) is 22.2. The molecule has 0 unspecified atom stereocenters. The highest BCUT2D eigenvalue weighted by molar-refractivity contribution is 7.99. The average molecular weight is 401 g/mol.